The Labute approximate surface area is 233 Å². The number of piperidine rings is 1. The normalized spacial score (nSPS) is 21.3. The van der Waals surface area contributed by atoms with E-state index in [0.717, 1.165) is 35.9 Å². The number of imide groups is 1. The molecule has 1 aromatic heterocycles. The first-order valence-corrected chi connectivity index (χ1v) is 14.4. The van der Waals surface area contributed by atoms with Crippen molar-refractivity contribution in [3.8, 4) is 0 Å². The van der Waals surface area contributed by atoms with E-state index in [2.05, 4.69) is 22.8 Å². The van der Waals surface area contributed by atoms with Gasteiger partial charge in [-0.1, -0.05) is 62.1 Å². The highest BCUT2D eigenvalue weighted by atomic mass is 16.5. The van der Waals surface area contributed by atoms with Crippen molar-refractivity contribution in [2.24, 2.45) is 18.9 Å². The van der Waals surface area contributed by atoms with Gasteiger partial charge in [0.1, 0.15) is 12.6 Å². The molecule has 2 aliphatic rings. The van der Waals surface area contributed by atoms with Crippen molar-refractivity contribution in [1.82, 2.24) is 19.8 Å². The van der Waals surface area contributed by atoms with Crippen LogP contribution < -0.4 is 16.3 Å². The minimum atomic E-state index is -0.662. The van der Waals surface area contributed by atoms with Gasteiger partial charge in [-0.25, -0.2) is 9.59 Å². The maximum absolute atomic E-state index is 13.0. The smallest absolute Gasteiger partial charge is 0.407 e. The number of carbonyl (C=O) groups excluding carboxylic acids is 3. The highest BCUT2D eigenvalue weighted by molar-refractivity contribution is 6.00. The Bertz CT molecular complexity index is 1420. The number of alkyl carbamates (subject to hydrolysis) is 1. The topological polar surface area (TPSA) is 111 Å². The number of aryl methyl sites for hydroxylation is 2. The summed E-state index contributed by atoms with van der Waals surface area (Å²) in [6, 6.07) is 15.1. The monoisotopic (exact) mass is 546 g/mol. The van der Waals surface area contributed by atoms with Crippen molar-refractivity contribution in [3.05, 3.63) is 70.1 Å². The first-order chi connectivity index (χ1) is 19.4. The summed E-state index contributed by atoms with van der Waals surface area (Å²) in [6.45, 7) is 0.923. The van der Waals surface area contributed by atoms with E-state index in [9.17, 15) is 19.2 Å². The summed E-state index contributed by atoms with van der Waals surface area (Å²) in [5.41, 5.74) is 3.46. The second-order valence-electron chi connectivity index (χ2n) is 11.2. The Morgan fingerprint density at radius 1 is 0.925 bits per heavy atom. The highest BCUT2D eigenvalue weighted by Crippen LogP contribution is 2.33. The van der Waals surface area contributed by atoms with E-state index in [4.69, 9.17) is 4.74 Å². The summed E-state index contributed by atoms with van der Waals surface area (Å²) in [6.07, 6.45) is 7.95. The van der Waals surface area contributed by atoms with E-state index >= 15 is 0 Å². The molecule has 9 nitrogen and oxygen atoms in total. The number of nitrogens with zero attached hydrogens (tertiary/aromatic N) is 2. The van der Waals surface area contributed by atoms with Crippen LogP contribution in [0.25, 0.3) is 11.0 Å². The molecule has 5 rings (SSSR count). The SMILES string of the molecule is Cn1c(=O)n(C2CCC(=O)NC2=O)c2ccc(CCC3CCC(CCNC(=O)OCc4ccccc4)CC3)cc21. The fraction of sp³-hybridized carbons (Fsp3) is 0.484. The summed E-state index contributed by atoms with van der Waals surface area (Å²) >= 11 is 0. The number of fused-ring (bicyclic) bond motifs is 1. The van der Waals surface area contributed by atoms with Crippen LogP contribution in [-0.4, -0.2) is 33.6 Å². The zero-order valence-electron chi connectivity index (χ0n) is 23.1. The third kappa shape index (κ3) is 6.46. The molecule has 1 aliphatic heterocycles. The van der Waals surface area contributed by atoms with Crippen LogP contribution >= 0.6 is 0 Å². The Morgan fingerprint density at radius 3 is 2.38 bits per heavy atom. The standard InChI is InChI=1S/C31H38N4O5/c1-34-27-19-23(13-14-25(27)35(31(34)39)26-15-16-28(36)33-29(26)37)12-11-21-7-9-22(10-8-21)17-18-32-30(38)40-20-24-5-3-2-4-6-24/h2-6,13-14,19,21-22,26H,7-12,15-18,20H2,1H3,(H,32,38)(H,33,36,37). The van der Waals surface area contributed by atoms with Gasteiger partial charge in [-0.3, -0.25) is 24.0 Å². The number of hydrogen-bond donors (Lipinski definition) is 2. The zero-order valence-corrected chi connectivity index (χ0v) is 23.1. The summed E-state index contributed by atoms with van der Waals surface area (Å²) in [7, 11) is 1.73. The first-order valence-electron chi connectivity index (χ1n) is 14.4. The average molecular weight is 547 g/mol. The second kappa shape index (κ2) is 12.5. The summed E-state index contributed by atoms with van der Waals surface area (Å²) in [4.78, 5) is 48.9. The van der Waals surface area contributed by atoms with Gasteiger partial charge < -0.3 is 10.1 Å². The number of hydrogen-bond acceptors (Lipinski definition) is 5. The molecule has 3 aromatic rings. The molecular formula is C31H38N4O5. The van der Waals surface area contributed by atoms with Gasteiger partial charge in [0, 0.05) is 20.0 Å². The molecule has 212 valence electrons. The van der Waals surface area contributed by atoms with Gasteiger partial charge in [0.15, 0.2) is 0 Å². The third-order valence-electron chi connectivity index (χ3n) is 8.52. The van der Waals surface area contributed by atoms with Crippen molar-refractivity contribution >= 4 is 28.9 Å². The van der Waals surface area contributed by atoms with Crippen molar-refractivity contribution in [1.29, 1.82) is 0 Å². The molecule has 2 N–H and O–H groups in total. The van der Waals surface area contributed by atoms with Crippen LogP contribution in [0.3, 0.4) is 0 Å². The van der Waals surface area contributed by atoms with E-state index < -0.39 is 11.9 Å². The number of aromatic nitrogens is 2. The predicted octanol–water partition coefficient (Wildman–Crippen LogP) is 4.37. The lowest BCUT2D eigenvalue weighted by atomic mass is 9.78. The molecule has 1 unspecified atom stereocenters. The van der Waals surface area contributed by atoms with Crippen LogP contribution in [0.2, 0.25) is 0 Å². The lowest BCUT2D eigenvalue weighted by molar-refractivity contribution is -0.135. The highest BCUT2D eigenvalue weighted by Gasteiger charge is 2.31. The van der Waals surface area contributed by atoms with Crippen LogP contribution in [0, 0.1) is 11.8 Å². The van der Waals surface area contributed by atoms with Crippen molar-refractivity contribution in [2.75, 3.05) is 6.54 Å². The number of benzene rings is 2. The third-order valence-corrected chi connectivity index (χ3v) is 8.52. The lowest BCUT2D eigenvalue weighted by Crippen LogP contribution is -2.44. The Balaban J connectivity index is 1.06. The molecule has 1 aliphatic carbocycles. The van der Waals surface area contributed by atoms with Gasteiger partial charge in [-0.2, -0.15) is 0 Å². The van der Waals surface area contributed by atoms with Gasteiger partial charge in [-0.15, -0.1) is 0 Å². The molecule has 0 radical (unpaired) electrons. The summed E-state index contributed by atoms with van der Waals surface area (Å²) in [5, 5.41) is 5.24. The van der Waals surface area contributed by atoms with Gasteiger partial charge in [-0.05, 0) is 60.8 Å². The molecule has 40 heavy (non-hydrogen) atoms. The van der Waals surface area contributed by atoms with Gasteiger partial charge in [0.05, 0.1) is 11.0 Å². The lowest BCUT2D eigenvalue weighted by Gasteiger charge is -2.28. The molecule has 1 saturated heterocycles. The fourth-order valence-corrected chi connectivity index (χ4v) is 6.13. The molecule has 2 fully saturated rings. The number of nitrogens with one attached hydrogen (secondary N) is 2. The van der Waals surface area contributed by atoms with Crippen molar-refractivity contribution < 1.29 is 19.1 Å². The molecular weight excluding hydrogens is 508 g/mol. The Hall–Kier alpha value is -3.88. The Kier molecular flexibility index (Phi) is 8.67. The van der Waals surface area contributed by atoms with Crippen molar-refractivity contribution in [2.45, 2.75) is 70.4 Å². The minimum absolute atomic E-state index is 0.234. The maximum Gasteiger partial charge on any atom is 0.407 e. The van der Waals surface area contributed by atoms with Crippen LogP contribution in [0.5, 0.6) is 0 Å². The van der Waals surface area contributed by atoms with Gasteiger partial charge in [0.2, 0.25) is 11.8 Å². The molecule has 0 bridgehead atoms. The van der Waals surface area contributed by atoms with E-state index in [1.807, 2.05) is 36.4 Å². The van der Waals surface area contributed by atoms with E-state index in [0.29, 0.717) is 24.8 Å². The molecule has 1 atom stereocenters. The molecule has 3 amide bonds. The van der Waals surface area contributed by atoms with E-state index in [-0.39, 0.29) is 30.7 Å². The van der Waals surface area contributed by atoms with Gasteiger partial charge >= 0.3 is 11.8 Å². The predicted molar refractivity (Wildman–Crippen MR) is 152 cm³/mol. The summed E-state index contributed by atoms with van der Waals surface area (Å²) < 4.78 is 8.41. The Morgan fingerprint density at radius 2 is 1.65 bits per heavy atom. The van der Waals surface area contributed by atoms with Crippen LogP contribution in [0.4, 0.5) is 4.79 Å². The number of imidazole rings is 1. The maximum atomic E-state index is 13.0. The van der Waals surface area contributed by atoms with E-state index in [1.165, 1.54) is 35.8 Å². The fourth-order valence-electron chi connectivity index (χ4n) is 6.13. The number of carbonyl (C=O) groups is 3. The number of amides is 3. The van der Waals surface area contributed by atoms with Crippen LogP contribution in [0.15, 0.2) is 53.3 Å². The molecule has 9 heteroatoms. The zero-order chi connectivity index (χ0) is 28.1. The second-order valence-corrected chi connectivity index (χ2v) is 11.2. The first kappa shape index (κ1) is 27.7. The largest absolute Gasteiger partial charge is 0.445 e. The van der Waals surface area contributed by atoms with E-state index in [1.54, 1.807) is 11.6 Å². The minimum Gasteiger partial charge on any atom is -0.445 e. The molecule has 2 heterocycles. The molecule has 0 spiro atoms. The molecule has 2 aromatic carbocycles. The summed E-state index contributed by atoms with van der Waals surface area (Å²) in [5.74, 6) is 0.599. The number of ether oxygens (including phenoxy) is 1. The molecule has 1 saturated carbocycles. The van der Waals surface area contributed by atoms with Crippen LogP contribution in [-0.2, 0) is 34.4 Å². The quantitative estimate of drug-likeness (QED) is 0.387. The number of rotatable bonds is 9. The van der Waals surface area contributed by atoms with Crippen LogP contribution in [0.1, 0.15) is 68.5 Å². The average Bonchev–Trinajstić information content (AvgIpc) is 3.21. The van der Waals surface area contributed by atoms with Gasteiger partial charge in [0.25, 0.3) is 0 Å². The van der Waals surface area contributed by atoms with Crippen molar-refractivity contribution in [3.63, 3.8) is 0 Å².